The van der Waals surface area contributed by atoms with E-state index in [0.29, 0.717) is 5.56 Å². The van der Waals surface area contributed by atoms with Gasteiger partial charge < -0.3 is 15.0 Å². The van der Waals surface area contributed by atoms with E-state index in [2.05, 4.69) is 15.2 Å². The van der Waals surface area contributed by atoms with Crippen molar-refractivity contribution >= 4 is 28.2 Å². The molecule has 1 N–H and O–H groups in total. The van der Waals surface area contributed by atoms with Gasteiger partial charge in [-0.05, 0) is 42.5 Å². The number of carbonyl (C=O) groups excluding carboxylic acids is 1. The summed E-state index contributed by atoms with van der Waals surface area (Å²) in [6, 6.07) is 17.3. The molecule has 5 nitrogen and oxygen atoms in total. The van der Waals surface area contributed by atoms with Crippen molar-refractivity contribution in [1.29, 1.82) is 0 Å². The number of amides is 1. The van der Waals surface area contributed by atoms with Crippen molar-refractivity contribution in [3.63, 3.8) is 0 Å². The lowest BCUT2D eigenvalue weighted by atomic mass is 10.1. The minimum Gasteiger partial charge on any atom is -0.378 e. The third-order valence-electron chi connectivity index (χ3n) is 4.37. The lowest BCUT2D eigenvalue weighted by Crippen LogP contribution is -2.36. The summed E-state index contributed by atoms with van der Waals surface area (Å²) in [6.45, 7) is 3.27. The predicted octanol–water partition coefficient (Wildman–Crippen LogP) is 3.32. The van der Waals surface area contributed by atoms with Gasteiger partial charge in [-0.3, -0.25) is 9.78 Å². The Balaban J connectivity index is 1.48. The van der Waals surface area contributed by atoms with Crippen LogP contribution in [0.4, 0.5) is 11.4 Å². The molecule has 1 saturated heterocycles. The Morgan fingerprint density at radius 3 is 2.64 bits per heavy atom. The summed E-state index contributed by atoms with van der Waals surface area (Å²) < 4.78 is 5.37. The Labute approximate surface area is 146 Å². The molecule has 1 amide bonds. The van der Waals surface area contributed by atoms with Crippen LogP contribution in [0.25, 0.3) is 10.9 Å². The Hall–Kier alpha value is -2.92. The molecule has 5 heteroatoms. The fourth-order valence-corrected chi connectivity index (χ4v) is 2.99. The molecule has 126 valence electrons. The van der Waals surface area contributed by atoms with Crippen molar-refractivity contribution in [2.45, 2.75) is 0 Å². The lowest BCUT2D eigenvalue weighted by molar-refractivity contribution is 0.102. The van der Waals surface area contributed by atoms with Crippen LogP contribution < -0.4 is 10.2 Å². The average molecular weight is 333 g/mol. The summed E-state index contributed by atoms with van der Waals surface area (Å²) >= 11 is 0. The highest BCUT2D eigenvalue weighted by molar-refractivity contribution is 6.05. The molecule has 0 saturated carbocycles. The van der Waals surface area contributed by atoms with Crippen LogP contribution in [-0.4, -0.2) is 37.2 Å². The second-order valence-corrected chi connectivity index (χ2v) is 6.01. The van der Waals surface area contributed by atoms with Gasteiger partial charge in [-0.1, -0.05) is 12.1 Å². The number of benzene rings is 2. The van der Waals surface area contributed by atoms with E-state index in [1.165, 1.54) is 0 Å². The zero-order valence-corrected chi connectivity index (χ0v) is 13.8. The molecular weight excluding hydrogens is 314 g/mol. The van der Waals surface area contributed by atoms with Crippen molar-refractivity contribution in [2.24, 2.45) is 0 Å². The Bertz CT molecular complexity index is 887. The van der Waals surface area contributed by atoms with Gasteiger partial charge in [0.2, 0.25) is 0 Å². The van der Waals surface area contributed by atoms with Crippen molar-refractivity contribution in [1.82, 2.24) is 4.98 Å². The molecule has 0 bridgehead atoms. The van der Waals surface area contributed by atoms with Crippen LogP contribution in [0.2, 0.25) is 0 Å². The van der Waals surface area contributed by atoms with Crippen molar-refractivity contribution in [3.05, 3.63) is 66.4 Å². The number of anilines is 2. The van der Waals surface area contributed by atoms with Gasteiger partial charge in [-0.2, -0.15) is 0 Å². The molecule has 2 aromatic carbocycles. The Morgan fingerprint density at radius 1 is 1.04 bits per heavy atom. The summed E-state index contributed by atoms with van der Waals surface area (Å²) in [5.74, 6) is -0.121. The second-order valence-electron chi connectivity index (χ2n) is 6.01. The number of ether oxygens (including phenoxy) is 1. The lowest BCUT2D eigenvalue weighted by Gasteiger charge is -2.28. The summed E-state index contributed by atoms with van der Waals surface area (Å²) in [5, 5.41) is 3.99. The second kappa shape index (κ2) is 6.91. The largest absolute Gasteiger partial charge is 0.378 e. The maximum absolute atomic E-state index is 12.5. The molecule has 1 aliphatic heterocycles. The molecule has 25 heavy (non-hydrogen) atoms. The maximum Gasteiger partial charge on any atom is 0.255 e. The molecule has 0 atom stereocenters. The van der Waals surface area contributed by atoms with Gasteiger partial charge in [0.1, 0.15) is 0 Å². The third kappa shape index (κ3) is 3.46. The number of hydrogen-bond acceptors (Lipinski definition) is 4. The summed E-state index contributed by atoms with van der Waals surface area (Å²) in [6.07, 6.45) is 1.75. The van der Waals surface area contributed by atoms with Crippen molar-refractivity contribution in [3.8, 4) is 0 Å². The van der Waals surface area contributed by atoms with Crippen LogP contribution in [0.15, 0.2) is 60.8 Å². The zero-order valence-electron chi connectivity index (χ0n) is 13.8. The third-order valence-corrected chi connectivity index (χ3v) is 4.37. The Kier molecular flexibility index (Phi) is 4.31. The highest BCUT2D eigenvalue weighted by atomic mass is 16.5. The fraction of sp³-hybridized carbons (Fsp3) is 0.200. The molecule has 0 radical (unpaired) electrons. The first-order valence-electron chi connectivity index (χ1n) is 8.38. The number of pyridine rings is 1. The molecule has 0 spiro atoms. The first-order valence-corrected chi connectivity index (χ1v) is 8.38. The standard InChI is InChI=1S/C20H19N3O2/c24-20(22-17-6-3-15-2-1-9-21-19(15)14-17)16-4-7-18(8-5-16)23-10-12-25-13-11-23/h1-9,14H,10-13H2,(H,22,24). The normalized spacial score (nSPS) is 14.5. The number of nitrogens with one attached hydrogen (secondary N) is 1. The Morgan fingerprint density at radius 2 is 1.84 bits per heavy atom. The highest BCUT2D eigenvalue weighted by Gasteiger charge is 2.12. The van der Waals surface area contributed by atoms with E-state index < -0.39 is 0 Å². The highest BCUT2D eigenvalue weighted by Crippen LogP contribution is 2.19. The van der Waals surface area contributed by atoms with Crippen molar-refractivity contribution in [2.75, 3.05) is 36.5 Å². The van der Waals surface area contributed by atoms with E-state index in [4.69, 9.17) is 4.74 Å². The summed E-state index contributed by atoms with van der Waals surface area (Å²) in [5.41, 5.74) is 3.37. The van der Waals surface area contributed by atoms with E-state index in [1.54, 1.807) is 6.20 Å². The van der Waals surface area contributed by atoms with Gasteiger partial charge in [0.25, 0.3) is 5.91 Å². The minimum atomic E-state index is -0.121. The van der Waals surface area contributed by atoms with E-state index in [0.717, 1.165) is 48.6 Å². The van der Waals surface area contributed by atoms with E-state index in [1.807, 2.05) is 54.6 Å². The number of aromatic nitrogens is 1. The van der Waals surface area contributed by atoms with Gasteiger partial charge in [0.15, 0.2) is 0 Å². The topological polar surface area (TPSA) is 54.5 Å². The molecule has 1 aromatic heterocycles. The SMILES string of the molecule is O=C(Nc1ccc2cccnc2c1)c1ccc(N2CCOCC2)cc1. The molecule has 0 aliphatic carbocycles. The number of hydrogen-bond donors (Lipinski definition) is 1. The van der Waals surface area contributed by atoms with E-state index >= 15 is 0 Å². The maximum atomic E-state index is 12.5. The first-order chi connectivity index (χ1) is 12.3. The zero-order chi connectivity index (χ0) is 17.1. The average Bonchev–Trinajstić information content (AvgIpc) is 2.69. The van der Waals surface area contributed by atoms with Gasteiger partial charge in [-0.25, -0.2) is 0 Å². The van der Waals surface area contributed by atoms with Crippen LogP contribution in [0.1, 0.15) is 10.4 Å². The minimum absolute atomic E-state index is 0.121. The van der Waals surface area contributed by atoms with Crippen molar-refractivity contribution < 1.29 is 9.53 Å². The van der Waals surface area contributed by atoms with Crippen LogP contribution in [0.3, 0.4) is 0 Å². The van der Waals surface area contributed by atoms with Crippen LogP contribution in [-0.2, 0) is 4.74 Å². The number of fused-ring (bicyclic) bond motifs is 1. The number of carbonyl (C=O) groups is 1. The fourth-order valence-electron chi connectivity index (χ4n) is 2.99. The van der Waals surface area contributed by atoms with Gasteiger partial charge in [-0.15, -0.1) is 0 Å². The number of rotatable bonds is 3. The molecule has 2 heterocycles. The smallest absolute Gasteiger partial charge is 0.255 e. The first kappa shape index (κ1) is 15.6. The molecular formula is C20H19N3O2. The summed E-state index contributed by atoms with van der Waals surface area (Å²) in [4.78, 5) is 19.1. The van der Waals surface area contributed by atoms with Gasteiger partial charge >= 0.3 is 0 Å². The van der Waals surface area contributed by atoms with Crippen LogP contribution in [0.5, 0.6) is 0 Å². The molecule has 3 aromatic rings. The number of nitrogens with zero attached hydrogens (tertiary/aromatic N) is 2. The quantitative estimate of drug-likeness (QED) is 0.799. The van der Waals surface area contributed by atoms with Gasteiger partial charge in [0, 0.05) is 41.6 Å². The van der Waals surface area contributed by atoms with Crippen LogP contribution >= 0.6 is 0 Å². The predicted molar refractivity (Wildman–Crippen MR) is 99.2 cm³/mol. The molecule has 4 rings (SSSR count). The van der Waals surface area contributed by atoms with Gasteiger partial charge in [0.05, 0.1) is 18.7 Å². The molecule has 1 aliphatic rings. The summed E-state index contributed by atoms with van der Waals surface area (Å²) in [7, 11) is 0. The monoisotopic (exact) mass is 333 g/mol. The molecule has 1 fully saturated rings. The van der Waals surface area contributed by atoms with E-state index in [-0.39, 0.29) is 5.91 Å². The van der Waals surface area contributed by atoms with E-state index in [9.17, 15) is 4.79 Å². The van der Waals surface area contributed by atoms with Crippen LogP contribution in [0, 0.1) is 0 Å². The molecule has 0 unspecified atom stereocenters. The number of morpholine rings is 1.